The monoisotopic (exact) mass is 367 g/mol. The Bertz CT molecular complexity index is 718. The molecule has 0 spiro atoms. The molecule has 1 aliphatic carbocycles. The molecule has 124 valence electrons. The van der Waals surface area contributed by atoms with Crippen molar-refractivity contribution in [2.45, 2.75) is 61.0 Å². The van der Waals surface area contributed by atoms with Crippen LogP contribution >= 0.6 is 35.7 Å². The largest absolute Gasteiger partial charge is 0.300 e. The van der Waals surface area contributed by atoms with E-state index in [1.807, 2.05) is 19.2 Å². The summed E-state index contributed by atoms with van der Waals surface area (Å²) in [5, 5.41) is 9.23. The summed E-state index contributed by atoms with van der Waals surface area (Å²) in [6.07, 6.45) is 8.31. The Morgan fingerprint density at radius 2 is 2.09 bits per heavy atom. The predicted octanol–water partition coefficient (Wildman–Crippen LogP) is 4.56. The molecule has 0 saturated heterocycles. The van der Waals surface area contributed by atoms with E-state index in [0.717, 1.165) is 32.2 Å². The molecule has 1 fully saturated rings. The summed E-state index contributed by atoms with van der Waals surface area (Å²) in [5.41, 5.74) is 0.998. The first kappa shape index (κ1) is 17.0. The van der Waals surface area contributed by atoms with Gasteiger partial charge in [0.15, 0.2) is 9.93 Å². The van der Waals surface area contributed by atoms with E-state index in [1.165, 1.54) is 32.1 Å². The lowest BCUT2D eigenvalue weighted by atomic mass is 9.95. The standard InChI is InChI=1S/C15H21N5S3/c1-10-8-13(17-14(16-10)22-2)23-9-12-18-19-15(21)20(12)11-6-4-3-5-7-11/h8,11H,3-7,9H2,1-2H3,(H,19,21). The van der Waals surface area contributed by atoms with Crippen LogP contribution < -0.4 is 0 Å². The van der Waals surface area contributed by atoms with Gasteiger partial charge in [0.25, 0.3) is 0 Å². The average molecular weight is 368 g/mol. The summed E-state index contributed by atoms with van der Waals surface area (Å²) < 4.78 is 2.97. The fourth-order valence-corrected chi connectivity index (χ4v) is 4.64. The van der Waals surface area contributed by atoms with Gasteiger partial charge in [-0.15, -0.1) is 0 Å². The second-order valence-electron chi connectivity index (χ2n) is 5.73. The van der Waals surface area contributed by atoms with Gasteiger partial charge in [-0.05, 0) is 44.3 Å². The molecule has 0 bridgehead atoms. The van der Waals surface area contributed by atoms with Crippen LogP contribution in [0, 0.1) is 11.7 Å². The molecular formula is C15H21N5S3. The van der Waals surface area contributed by atoms with Crippen molar-refractivity contribution in [3.63, 3.8) is 0 Å². The van der Waals surface area contributed by atoms with Crippen molar-refractivity contribution in [3.05, 3.63) is 22.4 Å². The van der Waals surface area contributed by atoms with Crippen LogP contribution in [0.5, 0.6) is 0 Å². The van der Waals surface area contributed by atoms with E-state index < -0.39 is 0 Å². The van der Waals surface area contributed by atoms with Crippen molar-refractivity contribution in [1.82, 2.24) is 24.7 Å². The summed E-state index contributed by atoms with van der Waals surface area (Å²) >= 11 is 8.72. The van der Waals surface area contributed by atoms with Gasteiger partial charge in [-0.1, -0.05) is 42.8 Å². The van der Waals surface area contributed by atoms with Crippen molar-refractivity contribution < 1.29 is 0 Å². The molecule has 0 unspecified atom stereocenters. The van der Waals surface area contributed by atoms with Crippen LogP contribution in [-0.4, -0.2) is 31.0 Å². The second-order valence-corrected chi connectivity index (χ2v) is 7.89. The molecule has 0 aliphatic heterocycles. The third-order valence-electron chi connectivity index (χ3n) is 4.06. The molecule has 0 atom stereocenters. The van der Waals surface area contributed by atoms with Crippen LogP contribution in [0.1, 0.15) is 49.7 Å². The maximum atomic E-state index is 5.45. The first-order valence-electron chi connectivity index (χ1n) is 7.85. The normalized spacial score (nSPS) is 15.9. The number of aromatic amines is 1. The van der Waals surface area contributed by atoms with Crippen LogP contribution in [-0.2, 0) is 5.75 Å². The molecule has 5 nitrogen and oxygen atoms in total. The Balaban J connectivity index is 1.76. The van der Waals surface area contributed by atoms with Gasteiger partial charge in [-0.25, -0.2) is 9.97 Å². The van der Waals surface area contributed by atoms with Crippen LogP contribution in [0.2, 0.25) is 0 Å². The van der Waals surface area contributed by atoms with Gasteiger partial charge in [0.1, 0.15) is 10.9 Å². The van der Waals surface area contributed by atoms with E-state index in [4.69, 9.17) is 12.2 Å². The number of aromatic nitrogens is 5. The Hall–Kier alpha value is -0.860. The summed E-state index contributed by atoms with van der Waals surface area (Å²) in [4.78, 5) is 8.95. The molecule has 3 rings (SSSR count). The highest BCUT2D eigenvalue weighted by molar-refractivity contribution is 7.99. The number of hydrogen-bond acceptors (Lipinski definition) is 6. The topological polar surface area (TPSA) is 59.4 Å². The first-order chi connectivity index (χ1) is 11.2. The zero-order valence-corrected chi connectivity index (χ0v) is 15.9. The first-order valence-corrected chi connectivity index (χ1v) is 10.5. The van der Waals surface area contributed by atoms with Gasteiger partial charge in [-0.3, -0.25) is 5.10 Å². The van der Waals surface area contributed by atoms with Crippen LogP contribution in [0.4, 0.5) is 0 Å². The molecule has 2 aromatic heterocycles. The summed E-state index contributed by atoms with van der Waals surface area (Å²) in [7, 11) is 0. The van der Waals surface area contributed by atoms with Gasteiger partial charge in [0.2, 0.25) is 0 Å². The Kier molecular flexibility index (Phi) is 5.76. The zero-order valence-electron chi connectivity index (χ0n) is 13.4. The van der Waals surface area contributed by atoms with Crippen LogP contribution in [0.3, 0.4) is 0 Å². The number of nitrogens with zero attached hydrogens (tertiary/aromatic N) is 4. The maximum absolute atomic E-state index is 5.45. The highest BCUT2D eigenvalue weighted by atomic mass is 32.2. The van der Waals surface area contributed by atoms with Crippen molar-refractivity contribution in [2.75, 3.05) is 6.26 Å². The van der Waals surface area contributed by atoms with E-state index in [-0.39, 0.29) is 0 Å². The number of thioether (sulfide) groups is 2. The Morgan fingerprint density at radius 3 is 2.83 bits per heavy atom. The fourth-order valence-electron chi connectivity index (χ4n) is 2.97. The van der Waals surface area contributed by atoms with Crippen molar-refractivity contribution in [2.24, 2.45) is 0 Å². The number of hydrogen-bond donors (Lipinski definition) is 1. The van der Waals surface area contributed by atoms with E-state index in [1.54, 1.807) is 23.5 Å². The number of H-pyrrole nitrogens is 1. The van der Waals surface area contributed by atoms with Gasteiger partial charge >= 0.3 is 0 Å². The fraction of sp³-hybridized carbons (Fsp3) is 0.600. The third-order valence-corrected chi connectivity index (χ3v) is 5.80. The molecule has 1 aliphatic rings. The van der Waals surface area contributed by atoms with E-state index in [0.29, 0.717) is 6.04 Å². The smallest absolute Gasteiger partial charge is 0.195 e. The highest BCUT2D eigenvalue weighted by Crippen LogP contribution is 2.31. The lowest BCUT2D eigenvalue weighted by Crippen LogP contribution is -2.15. The molecule has 1 N–H and O–H groups in total. The number of nitrogens with one attached hydrogen (secondary N) is 1. The highest BCUT2D eigenvalue weighted by Gasteiger charge is 2.20. The molecule has 2 aromatic rings. The van der Waals surface area contributed by atoms with Crippen LogP contribution in [0.25, 0.3) is 0 Å². The number of rotatable bonds is 5. The molecule has 2 heterocycles. The minimum atomic E-state index is 0.500. The van der Waals surface area contributed by atoms with E-state index >= 15 is 0 Å². The lowest BCUT2D eigenvalue weighted by Gasteiger charge is -2.24. The van der Waals surface area contributed by atoms with E-state index in [2.05, 4.69) is 24.7 Å². The minimum absolute atomic E-state index is 0.500. The Labute approximate surface area is 150 Å². The minimum Gasteiger partial charge on any atom is -0.300 e. The summed E-state index contributed by atoms with van der Waals surface area (Å²) in [5.74, 6) is 1.79. The molecule has 8 heteroatoms. The lowest BCUT2D eigenvalue weighted by molar-refractivity contribution is 0.345. The van der Waals surface area contributed by atoms with Gasteiger partial charge in [0.05, 0.1) is 5.75 Å². The average Bonchev–Trinajstić information content (AvgIpc) is 2.94. The zero-order chi connectivity index (χ0) is 16.2. The third kappa shape index (κ3) is 4.16. The molecule has 1 saturated carbocycles. The molecular weight excluding hydrogens is 346 g/mol. The number of aryl methyl sites for hydroxylation is 1. The van der Waals surface area contributed by atoms with Crippen molar-refractivity contribution in [3.8, 4) is 0 Å². The predicted molar refractivity (Wildman–Crippen MR) is 97.6 cm³/mol. The summed E-state index contributed by atoms with van der Waals surface area (Å²) in [6.45, 7) is 2.00. The summed E-state index contributed by atoms with van der Waals surface area (Å²) in [6, 6.07) is 2.52. The van der Waals surface area contributed by atoms with Crippen molar-refractivity contribution in [1.29, 1.82) is 0 Å². The molecule has 23 heavy (non-hydrogen) atoms. The molecule has 0 radical (unpaired) electrons. The second kappa shape index (κ2) is 7.81. The quantitative estimate of drug-likeness (QED) is 0.362. The van der Waals surface area contributed by atoms with E-state index in [9.17, 15) is 0 Å². The van der Waals surface area contributed by atoms with Crippen LogP contribution in [0.15, 0.2) is 16.2 Å². The van der Waals surface area contributed by atoms with Gasteiger partial charge < -0.3 is 4.57 Å². The van der Waals surface area contributed by atoms with Gasteiger partial charge in [-0.2, -0.15) is 5.10 Å². The van der Waals surface area contributed by atoms with Gasteiger partial charge in [0, 0.05) is 11.7 Å². The molecule has 0 aromatic carbocycles. The Morgan fingerprint density at radius 1 is 1.30 bits per heavy atom. The molecule has 0 amide bonds. The van der Waals surface area contributed by atoms with Crippen molar-refractivity contribution >= 4 is 35.7 Å². The maximum Gasteiger partial charge on any atom is 0.195 e. The SMILES string of the molecule is CSc1nc(C)cc(SCc2n[nH]c(=S)n2C2CCCCC2)n1.